The number of benzene rings is 1. The van der Waals surface area contributed by atoms with Crippen molar-refractivity contribution in [1.29, 1.82) is 0 Å². The smallest absolute Gasteiger partial charge is 0.315 e. The molecule has 5 nitrogen and oxygen atoms in total. The summed E-state index contributed by atoms with van der Waals surface area (Å²) in [4.78, 5) is 11.8. The van der Waals surface area contributed by atoms with Crippen molar-refractivity contribution in [2.75, 3.05) is 18.1 Å². The van der Waals surface area contributed by atoms with Gasteiger partial charge in [-0.15, -0.1) is 0 Å². The molecule has 0 radical (unpaired) electrons. The number of carbonyl (C=O) groups excluding carboxylic acids is 1. The highest BCUT2D eigenvalue weighted by Crippen LogP contribution is 2.18. The van der Waals surface area contributed by atoms with Gasteiger partial charge in [0.25, 0.3) is 0 Å². The van der Waals surface area contributed by atoms with Crippen molar-refractivity contribution < 1.29 is 17.6 Å². The summed E-state index contributed by atoms with van der Waals surface area (Å²) in [6.45, 7) is 2.01. The minimum atomic E-state index is -2.94. The molecule has 0 aromatic heterocycles. The predicted octanol–water partition coefficient (Wildman–Crippen LogP) is 1.62. The van der Waals surface area contributed by atoms with Gasteiger partial charge in [0.2, 0.25) is 0 Å². The number of carbonyl (C=O) groups is 1. The minimum absolute atomic E-state index is 0.0375. The molecule has 0 saturated carbocycles. The first-order valence-electron chi connectivity index (χ1n) is 6.86. The first-order valence-corrected chi connectivity index (χ1v) is 8.69. The molecule has 0 spiro atoms. The van der Waals surface area contributed by atoms with E-state index in [1.54, 1.807) is 25.1 Å². The summed E-state index contributed by atoms with van der Waals surface area (Å²) in [5.41, 5.74) is 0.413. The van der Waals surface area contributed by atoms with Gasteiger partial charge in [0.15, 0.2) is 9.84 Å². The fourth-order valence-corrected chi connectivity index (χ4v) is 4.28. The summed E-state index contributed by atoms with van der Waals surface area (Å²) in [6, 6.07) is 5.37. The zero-order chi connectivity index (χ0) is 15.5. The molecule has 1 aromatic rings. The van der Waals surface area contributed by atoms with Gasteiger partial charge in [-0.3, -0.25) is 0 Å². The Morgan fingerprint density at radius 1 is 1.43 bits per heavy atom. The highest BCUT2D eigenvalue weighted by molar-refractivity contribution is 7.91. The maximum Gasteiger partial charge on any atom is 0.315 e. The fourth-order valence-electron chi connectivity index (χ4n) is 2.42. The van der Waals surface area contributed by atoms with Crippen LogP contribution in [0.15, 0.2) is 24.3 Å². The number of hydrogen-bond donors (Lipinski definition) is 2. The molecule has 2 rings (SSSR count). The average Bonchev–Trinajstić information content (AvgIpc) is 2.76. The lowest BCUT2D eigenvalue weighted by atomic mass is 10.1. The predicted molar refractivity (Wildman–Crippen MR) is 78.1 cm³/mol. The average molecular weight is 314 g/mol. The van der Waals surface area contributed by atoms with Crippen molar-refractivity contribution in [1.82, 2.24) is 10.6 Å². The molecule has 1 fully saturated rings. The Balaban J connectivity index is 1.81. The van der Waals surface area contributed by atoms with Gasteiger partial charge < -0.3 is 10.6 Å². The van der Waals surface area contributed by atoms with Crippen LogP contribution >= 0.6 is 0 Å². The second-order valence-corrected chi connectivity index (χ2v) is 7.60. The van der Waals surface area contributed by atoms with Crippen molar-refractivity contribution in [3.8, 4) is 0 Å². The molecule has 1 heterocycles. The van der Waals surface area contributed by atoms with Crippen LogP contribution in [0, 0.1) is 11.7 Å². The molecule has 2 N–H and O–H groups in total. The van der Waals surface area contributed by atoms with Gasteiger partial charge in [-0.1, -0.05) is 18.2 Å². The van der Waals surface area contributed by atoms with E-state index in [1.807, 2.05) is 0 Å². The van der Waals surface area contributed by atoms with Crippen LogP contribution in [0.2, 0.25) is 0 Å². The number of nitrogens with one attached hydrogen (secondary N) is 2. The monoisotopic (exact) mass is 314 g/mol. The lowest BCUT2D eigenvalue weighted by Crippen LogP contribution is -2.39. The molecule has 7 heteroatoms. The standard InChI is InChI=1S/C14H19FN2O3S/c1-10(12-4-2-3-5-13(12)15)17-14(18)16-8-11-6-7-21(19,20)9-11/h2-5,10-11H,6-9H2,1H3,(H2,16,17,18). The molecule has 116 valence electrons. The maximum absolute atomic E-state index is 13.6. The summed E-state index contributed by atoms with van der Waals surface area (Å²) in [5, 5.41) is 5.29. The number of amides is 2. The number of sulfone groups is 1. The largest absolute Gasteiger partial charge is 0.338 e. The molecule has 2 amide bonds. The van der Waals surface area contributed by atoms with Crippen LogP contribution in [0.25, 0.3) is 0 Å². The van der Waals surface area contributed by atoms with Gasteiger partial charge in [0.1, 0.15) is 5.82 Å². The highest BCUT2D eigenvalue weighted by atomic mass is 32.2. The van der Waals surface area contributed by atoms with Gasteiger partial charge in [-0.2, -0.15) is 0 Å². The van der Waals surface area contributed by atoms with Crippen molar-refractivity contribution in [3.05, 3.63) is 35.6 Å². The van der Waals surface area contributed by atoms with E-state index in [0.717, 1.165) is 0 Å². The summed E-state index contributed by atoms with van der Waals surface area (Å²) in [5.74, 6) is -0.0976. The Bertz CT molecular complexity index is 618. The first-order chi connectivity index (χ1) is 9.87. The van der Waals surface area contributed by atoms with Crippen LogP contribution < -0.4 is 10.6 Å². The van der Waals surface area contributed by atoms with Gasteiger partial charge in [-0.25, -0.2) is 17.6 Å². The minimum Gasteiger partial charge on any atom is -0.338 e. The fraction of sp³-hybridized carbons (Fsp3) is 0.500. The van der Waals surface area contributed by atoms with E-state index >= 15 is 0 Å². The molecule has 1 saturated heterocycles. The second kappa shape index (κ2) is 6.43. The van der Waals surface area contributed by atoms with E-state index in [-0.39, 0.29) is 23.2 Å². The zero-order valence-electron chi connectivity index (χ0n) is 11.8. The molecular formula is C14H19FN2O3S. The molecule has 1 aromatic carbocycles. The third kappa shape index (κ3) is 4.42. The van der Waals surface area contributed by atoms with E-state index in [9.17, 15) is 17.6 Å². The summed E-state index contributed by atoms with van der Waals surface area (Å²) in [7, 11) is -2.94. The molecule has 2 unspecified atom stereocenters. The number of halogens is 1. The van der Waals surface area contributed by atoms with E-state index < -0.39 is 21.9 Å². The third-order valence-corrected chi connectivity index (χ3v) is 5.43. The van der Waals surface area contributed by atoms with E-state index in [2.05, 4.69) is 10.6 Å². The van der Waals surface area contributed by atoms with Gasteiger partial charge in [0, 0.05) is 12.1 Å². The normalized spacial score (nSPS) is 21.7. The molecule has 1 aliphatic rings. The Hall–Kier alpha value is -1.63. The number of rotatable bonds is 4. The van der Waals surface area contributed by atoms with Crippen LogP contribution in [0.1, 0.15) is 24.9 Å². The van der Waals surface area contributed by atoms with Crippen LogP contribution in [0.5, 0.6) is 0 Å². The lowest BCUT2D eigenvalue weighted by Gasteiger charge is -2.16. The van der Waals surface area contributed by atoms with E-state index in [1.165, 1.54) is 6.07 Å². The number of urea groups is 1. The quantitative estimate of drug-likeness (QED) is 0.887. The van der Waals surface area contributed by atoms with E-state index in [4.69, 9.17) is 0 Å². The van der Waals surface area contributed by atoms with Crippen LogP contribution in [-0.2, 0) is 9.84 Å². The summed E-state index contributed by atoms with van der Waals surface area (Å²) >= 11 is 0. The zero-order valence-corrected chi connectivity index (χ0v) is 12.6. The Morgan fingerprint density at radius 3 is 2.76 bits per heavy atom. The molecule has 21 heavy (non-hydrogen) atoms. The number of hydrogen-bond acceptors (Lipinski definition) is 3. The maximum atomic E-state index is 13.6. The van der Waals surface area contributed by atoms with E-state index in [0.29, 0.717) is 18.5 Å². The molecule has 0 aliphatic carbocycles. The first kappa shape index (κ1) is 15.8. The Labute approximate surface area is 123 Å². The van der Waals surface area contributed by atoms with Crippen molar-refractivity contribution in [2.45, 2.75) is 19.4 Å². The van der Waals surface area contributed by atoms with Crippen LogP contribution in [-0.4, -0.2) is 32.5 Å². The lowest BCUT2D eigenvalue weighted by molar-refractivity contribution is 0.236. The Kier molecular flexibility index (Phi) is 4.82. The molecule has 0 bridgehead atoms. The van der Waals surface area contributed by atoms with Crippen LogP contribution in [0.3, 0.4) is 0 Å². The molecule has 2 atom stereocenters. The summed E-state index contributed by atoms with van der Waals surface area (Å²) < 4.78 is 36.2. The van der Waals surface area contributed by atoms with Crippen molar-refractivity contribution in [3.63, 3.8) is 0 Å². The topological polar surface area (TPSA) is 75.3 Å². The Morgan fingerprint density at radius 2 is 2.14 bits per heavy atom. The summed E-state index contributed by atoms with van der Waals surface area (Å²) in [6.07, 6.45) is 0.575. The third-order valence-electron chi connectivity index (χ3n) is 3.60. The SMILES string of the molecule is CC(NC(=O)NCC1CCS(=O)(=O)C1)c1ccccc1F. The van der Waals surface area contributed by atoms with Gasteiger partial charge in [0.05, 0.1) is 17.5 Å². The second-order valence-electron chi connectivity index (χ2n) is 5.37. The van der Waals surface area contributed by atoms with Crippen LogP contribution in [0.4, 0.5) is 9.18 Å². The molecular weight excluding hydrogens is 295 g/mol. The van der Waals surface area contributed by atoms with Gasteiger partial charge in [-0.05, 0) is 25.3 Å². The highest BCUT2D eigenvalue weighted by Gasteiger charge is 2.28. The van der Waals surface area contributed by atoms with Crippen molar-refractivity contribution in [2.24, 2.45) is 5.92 Å². The van der Waals surface area contributed by atoms with Crippen molar-refractivity contribution >= 4 is 15.9 Å². The molecule has 1 aliphatic heterocycles. The van der Waals surface area contributed by atoms with Gasteiger partial charge >= 0.3 is 6.03 Å².